The van der Waals surface area contributed by atoms with Gasteiger partial charge in [0.15, 0.2) is 0 Å². The molecule has 1 aliphatic rings. The van der Waals surface area contributed by atoms with Crippen molar-refractivity contribution in [3.8, 4) is 0 Å². The number of hydrogen-bond donors (Lipinski definition) is 2. The lowest BCUT2D eigenvalue weighted by molar-refractivity contribution is -0.138. The van der Waals surface area contributed by atoms with E-state index in [0.717, 1.165) is 31.2 Å². The molecule has 0 spiro atoms. The molecule has 0 aliphatic heterocycles. The van der Waals surface area contributed by atoms with Crippen LogP contribution in [0.2, 0.25) is 0 Å². The average Bonchev–Trinajstić information content (AvgIpc) is 2.62. The third-order valence-electron chi connectivity index (χ3n) is 4.80. The summed E-state index contributed by atoms with van der Waals surface area (Å²) in [5.41, 5.74) is 6.78. The molecule has 2 amide bonds. The Balaban J connectivity index is 2.00. The largest absolute Gasteiger partial charge is 0.445 e. The third-order valence-corrected chi connectivity index (χ3v) is 4.80. The molecule has 1 fully saturated rings. The Morgan fingerprint density at radius 1 is 1.19 bits per heavy atom. The molecule has 0 saturated heterocycles. The highest BCUT2D eigenvalue weighted by molar-refractivity contribution is 5.82. The van der Waals surface area contributed by atoms with E-state index in [1.54, 1.807) is 6.92 Å². The lowest BCUT2D eigenvalue weighted by atomic mass is 9.88. The zero-order valence-corrected chi connectivity index (χ0v) is 16.0. The van der Waals surface area contributed by atoms with E-state index in [1.807, 2.05) is 49.1 Å². The van der Waals surface area contributed by atoms with E-state index in [2.05, 4.69) is 5.32 Å². The third kappa shape index (κ3) is 5.46. The van der Waals surface area contributed by atoms with E-state index in [-0.39, 0.29) is 30.6 Å². The molecule has 0 radical (unpaired) electrons. The second-order valence-corrected chi connectivity index (χ2v) is 7.29. The minimum Gasteiger partial charge on any atom is -0.445 e. The maximum absolute atomic E-state index is 12.6. The van der Waals surface area contributed by atoms with Gasteiger partial charge in [-0.25, -0.2) is 4.79 Å². The average molecular weight is 361 g/mol. The molecule has 0 unspecified atom stereocenters. The number of hydrogen-bond acceptors (Lipinski definition) is 4. The van der Waals surface area contributed by atoms with E-state index in [0.29, 0.717) is 0 Å². The number of carbonyl (C=O) groups excluding carboxylic acids is 2. The van der Waals surface area contributed by atoms with Crippen LogP contribution in [-0.2, 0) is 16.1 Å². The summed E-state index contributed by atoms with van der Waals surface area (Å²) in [6.07, 6.45) is 3.32. The second-order valence-electron chi connectivity index (χ2n) is 7.29. The number of nitrogens with one attached hydrogen (secondary N) is 1. The highest BCUT2D eigenvalue weighted by atomic mass is 16.5. The summed E-state index contributed by atoms with van der Waals surface area (Å²) in [7, 11) is 0. The van der Waals surface area contributed by atoms with Gasteiger partial charge in [-0.05, 0) is 39.2 Å². The van der Waals surface area contributed by atoms with Crippen molar-refractivity contribution < 1.29 is 14.3 Å². The molecule has 2 rings (SSSR count). The van der Waals surface area contributed by atoms with Crippen molar-refractivity contribution in [1.82, 2.24) is 10.2 Å². The lowest BCUT2D eigenvalue weighted by Gasteiger charge is -2.43. The van der Waals surface area contributed by atoms with Crippen molar-refractivity contribution in [2.24, 2.45) is 5.73 Å². The number of alkyl carbamates (subject to hydrolysis) is 1. The number of nitrogens with two attached hydrogens (primary N) is 1. The van der Waals surface area contributed by atoms with Gasteiger partial charge in [-0.1, -0.05) is 43.2 Å². The Kier molecular flexibility index (Phi) is 7.45. The zero-order valence-electron chi connectivity index (χ0n) is 16.0. The maximum Gasteiger partial charge on any atom is 0.407 e. The SMILES string of the molecule is CC(C)N(C(=O)[C@H](C)N)[C@@H]1CCCC[C@@H]1NC(=O)OCc1ccccc1. The van der Waals surface area contributed by atoms with Gasteiger partial charge in [0.2, 0.25) is 5.91 Å². The monoisotopic (exact) mass is 361 g/mol. The number of ether oxygens (including phenoxy) is 1. The normalized spacial score (nSPS) is 21.1. The highest BCUT2D eigenvalue weighted by Gasteiger charge is 2.36. The van der Waals surface area contributed by atoms with E-state index < -0.39 is 12.1 Å². The van der Waals surface area contributed by atoms with Gasteiger partial charge in [0, 0.05) is 6.04 Å². The Hall–Kier alpha value is -2.08. The van der Waals surface area contributed by atoms with Gasteiger partial charge < -0.3 is 20.7 Å². The first-order chi connectivity index (χ1) is 12.4. The molecule has 26 heavy (non-hydrogen) atoms. The molecule has 1 aromatic rings. The molecule has 3 atom stereocenters. The Morgan fingerprint density at radius 2 is 1.85 bits per heavy atom. The summed E-state index contributed by atoms with van der Waals surface area (Å²) in [5.74, 6) is -0.0728. The first-order valence-corrected chi connectivity index (χ1v) is 9.45. The molecule has 0 bridgehead atoms. The first kappa shape index (κ1) is 20.2. The summed E-state index contributed by atoms with van der Waals surface area (Å²) in [6.45, 7) is 5.91. The van der Waals surface area contributed by atoms with Gasteiger partial charge in [0.05, 0.1) is 18.1 Å². The molecule has 6 nitrogen and oxygen atoms in total. The Morgan fingerprint density at radius 3 is 2.46 bits per heavy atom. The Bertz CT molecular complexity index is 589. The van der Waals surface area contributed by atoms with Gasteiger partial charge in [-0.2, -0.15) is 0 Å². The van der Waals surface area contributed by atoms with Crippen LogP contribution in [0.4, 0.5) is 4.79 Å². The zero-order chi connectivity index (χ0) is 19.1. The van der Waals surface area contributed by atoms with E-state index in [4.69, 9.17) is 10.5 Å². The second kappa shape index (κ2) is 9.57. The predicted molar refractivity (Wildman–Crippen MR) is 101 cm³/mol. The van der Waals surface area contributed by atoms with Crippen LogP contribution in [0.15, 0.2) is 30.3 Å². The van der Waals surface area contributed by atoms with E-state index >= 15 is 0 Å². The van der Waals surface area contributed by atoms with Gasteiger partial charge in [0.1, 0.15) is 6.61 Å². The molecule has 144 valence electrons. The quantitative estimate of drug-likeness (QED) is 0.816. The number of amides is 2. The summed E-state index contributed by atoms with van der Waals surface area (Å²) >= 11 is 0. The van der Waals surface area contributed by atoms with Crippen LogP contribution in [0.5, 0.6) is 0 Å². The maximum atomic E-state index is 12.6. The molecule has 3 N–H and O–H groups in total. The van der Waals surface area contributed by atoms with Crippen LogP contribution in [-0.4, -0.2) is 41.1 Å². The standard InChI is InChI=1S/C20H31N3O3/c1-14(2)23(19(24)15(3)21)18-12-8-7-11-17(18)22-20(25)26-13-16-9-5-4-6-10-16/h4-6,9-10,14-15,17-18H,7-8,11-13,21H2,1-3H3,(H,22,25)/t15-,17-,18+/m0/s1. The number of rotatable bonds is 6. The minimum absolute atomic E-state index is 0.0289. The molecular formula is C20H31N3O3. The summed E-state index contributed by atoms with van der Waals surface area (Å²) in [5, 5.41) is 2.97. The highest BCUT2D eigenvalue weighted by Crippen LogP contribution is 2.25. The van der Waals surface area contributed by atoms with Crippen LogP contribution in [0.1, 0.15) is 52.0 Å². The van der Waals surface area contributed by atoms with Crippen LogP contribution >= 0.6 is 0 Å². The van der Waals surface area contributed by atoms with Gasteiger partial charge in [0.25, 0.3) is 0 Å². The van der Waals surface area contributed by atoms with Crippen LogP contribution in [0, 0.1) is 0 Å². The predicted octanol–water partition coefficient (Wildman–Crippen LogP) is 2.81. The van der Waals surface area contributed by atoms with Crippen molar-refractivity contribution in [2.75, 3.05) is 0 Å². The molecule has 1 saturated carbocycles. The van der Waals surface area contributed by atoms with E-state index in [1.165, 1.54) is 0 Å². The summed E-state index contributed by atoms with van der Waals surface area (Å²) < 4.78 is 5.35. The molecule has 6 heteroatoms. The summed E-state index contributed by atoms with van der Waals surface area (Å²) in [6, 6.07) is 8.89. The van der Waals surface area contributed by atoms with Crippen molar-refractivity contribution >= 4 is 12.0 Å². The molecule has 1 aromatic carbocycles. The summed E-state index contributed by atoms with van der Waals surface area (Å²) in [4.78, 5) is 26.7. The van der Waals surface area contributed by atoms with Crippen molar-refractivity contribution in [1.29, 1.82) is 0 Å². The van der Waals surface area contributed by atoms with Crippen LogP contribution in [0.3, 0.4) is 0 Å². The van der Waals surface area contributed by atoms with E-state index in [9.17, 15) is 9.59 Å². The van der Waals surface area contributed by atoms with Crippen LogP contribution in [0.25, 0.3) is 0 Å². The molecular weight excluding hydrogens is 330 g/mol. The van der Waals surface area contributed by atoms with Gasteiger partial charge in [-0.15, -0.1) is 0 Å². The van der Waals surface area contributed by atoms with Crippen molar-refractivity contribution in [3.05, 3.63) is 35.9 Å². The number of carbonyl (C=O) groups is 2. The topological polar surface area (TPSA) is 84.7 Å². The lowest BCUT2D eigenvalue weighted by Crippen LogP contribution is -2.59. The van der Waals surface area contributed by atoms with Crippen LogP contribution < -0.4 is 11.1 Å². The number of benzene rings is 1. The molecule has 1 aliphatic carbocycles. The minimum atomic E-state index is -0.551. The number of nitrogens with zero attached hydrogens (tertiary/aromatic N) is 1. The Labute approximate surface area is 156 Å². The first-order valence-electron chi connectivity index (χ1n) is 9.45. The van der Waals surface area contributed by atoms with Gasteiger partial charge >= 0.3 is 6.09 Å². The fourth-order valence-corrected chi connectivity index (χ4v) is 3.56. The molecule has 0 aromatic heterocycles. The van der Waals surface area contributed by atoms with Crippen molar-refractivity contribution in [2.45, 2.75) is 77.2 Å². The fraction of sp³-hybridized carbons (Fsp3) is 0.600. The van der Waals surface area contributed by atoms with Gasteiger partial charge in [-0.3, -0.25) is 4.79 Å². The smallest absolute Gasteiger partial charge is 0.407 e. The molecule has 0 heterocycles. The fourth-order valence-electron chi connectivity index (χ4n) is 3.56. The van der Waals surface area contributed by atoms with Crippen molar-refractivity contribution in [3.63, 3.8) is 0 Å².